The summed E-state index contributed by atoms with van der Waals surface area (Å²) in [6.07, 6.45) is 3.07. The Balaban J connectivity index is 2.16. The highest BCUT2D eigenvalue weighted by molar-refractivity contribution is 5.89. The fourth-order valence-electron chi connectivity index (χ4n) is 2.68. The second kappa shape index (κ2) is 4.30. The number of aliphatic hydroxyl groups excluding tert-OH is 1. The van der Waals surface area contributed by atoms with E-state index in [0.717, 1.165) is 23.3 Å². The lowest BCUT2D eigenvalue weighted by atomic mass is 9.96. The molecule has 0 fully saturated rings. The molecule has 0 saturated heterocycles. The topological polar surface area (TPSA) is 71.3 Å². The standard InChI is InChI=1S/C14H18N2O2/c1-8(15)4-9-6-16-12-2-3-13-11(14(9)12)5-10(17)7-18-13/h2-3,6,8,10,16-17H,4-5,7,15H2,1H3/t8-,10-/m0/s1. The molecule has 2 heterocycles. The van der Waals surface area contributed by atoms with Gasteiger partial charge in [0.05, 0.1) is 6.10 Å². The summed E-state index contributed by atoms with van der Waals surface area (Å²) in [5, 5.41) is 10.9. The first-order valence-corrected chi connectivity index (χ1v) is 6.33. The maximum atomic E-state index is 9.77. The third kappa shape index (κ3) is 1.87. The van der Waals surface area contributed by atoms with E-state index in [4.69, 9.17) is 10.5 Å². The number of benzene rings is 1. The van der Waals surface area contributed by atoms with Gasteiger partial charge < -0.3 is 20.6 Å². The van der Waals surface area contributed by atoms with Gasteiger partial charge in [0.1, 0.15) is 12.4 Å². The van der Waals surface area contributed by atoms with E-state index < -0.39 is 6.10 Å². The summed E-state index contributed by atoms with van der Waals surface area (Å²) < 4.78 is 5.58. The molecule has 2 aromatic rings. The molecule has 4 heteroatoms. The van der Waals surface area contributed by atoms with Crippen LogP contribution in [-0.2, 0) is 12.8 Å². The fourth-order valence-corrected chi connectivity index (χ4v) is 2.68. The second-order valence-electron chi connectivity index (χ2n) is 5.13. The van der Waals surface area contributed by atoms with Crippen molar-refractivity contribution in [2.24, 2.45) is 5.73 Å². The third-order valence-electron chi connectivity index (χ3n) is 3.41. The summed E-state index contributed by atoms with van der Waals surface area (Å²) in [6, 6.07) is 4.11. The zero-order chi connectivity index (χ0) is 12.7. The molecule has 4 nitrogen and oxygen atoms in total. The molecular formula is C14H18N2O2. The molecular weight excluding hydrogens is 228 g/mol. The molecule has 1 aliphatic heterocycles. The zero-order valence-corrected chi connectivity index (χ0v) is 10.4. The second-order valence-corrected chi connectivity index (χ2v) is 5.13. The van der Waals surface area contributed by atoms with Gasteiger partial charge in [-0.15, -0.1) is 0 Å². The van der Waals surface area contributed by atoms with Gasteiger partial charge in [-0.1, -0.05) is 0 Å². The van der Waals surface area contributed by atoms with Crippen molar-refractivity contribution < 1.29 is 9.84 Å². The van der Waals surface area contributed by atoms with Gasteiger partial charge in [-0.2, -0.15) is 0 Å². The van der Waals surface area contributed by atoms with Crippen LogP contribution in [0.15, 0.2) is 18.3 Å². The molecule has 96 valence electrons. The van der Waals surface area contributed by atoms with Crippen LogP contribution < -0.4 is 10.5 Å². The molecule has 2 atom stereocenters. The summed E-state index contributed by atoms with van der Waals surface area (Å²) in [4.78, 5) is 3.27. The lowest BCUT2D eigenvalue weighted by Crippen LogP contribution is -2.25. The SMILES string of the molecule is C[C@H](N)Cc1c[nH]c2ccc3c(c12)C[C@H](O)CO3. The van der Waals surface area contributed by atoms with Crippen LogP contribution in [0.1, 0.15) is 18.1 Å². The number of hydrogen-bond acceptors (Lipinski definition) is 3. The number of aliphatic hydroxyl groups is 1. The van der Waals surface area contributed by atoms with Crippen LogP contribution in [0.3, 0.4) is 0 Å². The number of nitrogens with one attached hydrogen (secondary N) is 1. The maximum Gasteiger partial charge on any atom is 0.123 e. The summed E-state index contributed by atoms with van der Waals surface area (Å²) >= 11 is 0. The van der Waals surface area contributed by atoms with Gasteiger partial charge in [0.25, 0.3) is 0 Å². The minimum absolute atomic E-state index is 0.120. The number of H-pyrrole nitrogens is 1. The van der Waals surface area contributed by atoms with Crippen molar-refractivity contribution >= 4 is 10.9 Å². The van der Waals surface area contributed by atoms with E-state index in [1.54, 1.807) is 0 Å². The van der Waals surface area contributed by atoms with Crippen molar-refractivity contribution in [2.75, 3.05) is 6.61 Å². The van der Waals surface area contributed by atoms with Gasteiger partial charge in [0.15, 0.2) is 0 Å². The summed E-state index contributed by atoms with van der Waals surface area (Å²) in [6.45, 7) is 2.38. The van der Waals surface area contributed by atoms with Gasteiger partial charge >= 0.3 is 0 Å². The van der Waals surface area contributed by atoms with Crippen LogP contribution in [-0.4, -0.2) is 28.8 Å². The van der Waals surface area contributed by atoms with E-state index in [2.05, 4.69) is 4.98 Å². The molecule has 3 rings (SSSR count). The number of hydrogen-bond donors (Lipinski definition) is 3. The summed E-state index contributed by atoms with van der Waals surface area (Å²) in [7, 11) is 0. The van der Waals surface area contributed by atoms with E-state index in [9.17, 15) is 5.11 Å². The van der Waals surface area contributed by atoms with Crippen molar-refractivity contribution in [1.29, 1.82) is 0 Å². The number of nitrogens with two attached hydrogens (primary N) is 1. The van der Waals surface area contributed by atoms with E-state index in [-0.39, 0.29) is 6.04 Å². The Morgan fingerprint density at radius 2 is 2.39 bits per heavy atom. The van der Waals surface area contributed by atoms with E-state index in [0.29, 0.717) is 13.0 Å². The van der Waals surface area contributed by atoms with Crippen LogP contribution in [0.25, 0.3) is 10.9 Å². The lowest BCUT2D eigenvalue weighted by molar-refractivity contribution is 0.0927. The number of aromatic nitrogens is 1. The summed E-state index contributed by atoms with van der Waals surface area (Å²) in [5.41, 5.74) is 9.27. The average molecular weight is 246 g/mol. The van der Waals surface area contributed by atoms with Crippen molar-refractivity contribution in [1.82, 2.24) is 4.98 Å². The number of fused-ring (bicyclic) bond motifs is 3. The van der Waals surface area contributed by atoms with Crippen LogP contribution in [0.5, 0.6) is 5.75 Å². The van der Waals surface area contributed by atoms with Crippen LogP contribution >= 0.6 is 0 Å². The molecule has 0 saturated carbocycles. The zero-order valence-electron chi connectivity index (χ0n) is 10.4. The predicted octanol–water partition coefficient (Wildman–Crippen LogP) is 1.35. The number of rotatable bonds is 2. The van der Waals surface area contributed by atoms with Gasteiger partial charge in [-0.25, -0.2) is 0 Å². The molecule has 18 heavy (non-hydrogen) atoms. The molecule has 0 unspecified atom stereocenters. The lowest BCUT2D eigenvalue weighted by Gasteiger charge is -2.23. The fraction of sp³-hybridized carbons (Fsp3) is 0.429. The van der Waals surface area contributed by atoms with Crippen LogP contribution in [0.4, 0.5) is 0 Å². The predicted molar refractivity (Wildman–Crippen MR) is 70.9 cm³/mol. The van der Waals surface area contributed by atoms with Gasteiger partial charge in [-0.3, -0.25) is 0 Å². The first kappa shape index (κ1) is 11.6. The Kier molecular flexibility index (Phi) is 2.76. The monoisotopic (exact) mass is 246 g/mol. The van der Waals surface area contributed by atoms with Crippen molar-refractivity contribution in [3.63, 3.8) is 0 Å². The average Bonchev–Trinajstić information content (AvgIpc) is 2.72. The smallest absolute Gasteiger partial charge is 0.123 e. The molecule has 1 aliphatic rings. The van der Waals surface area contributed by atoms with E-state index in [1.807, 2.05) is 25.3 Å². The molecule has 0 spiro atoms. The number of aromatic amines is 1. The Morgan fingerprint density at radius 3 is 3.17 bits per heavy atom. The quantitative estimate of drug-likeness (QED) is 0.749. The first-order valence-electron chi connectivity index (χ1n) is 6.33. The third-order valence-corrected chi connectivity index (χ3v) is 3.41. The van der Waals surface area contributed by atoms with Crippen molar-refractivity contribution in [2.45, 2.75) is 31.9 Å². The maximum absolute atomic E-state index is 9.77. The minimum Gasteiger partial charge on any atom is -0.491 e. The highest BCUT2D eigenvalue weighted by atomic mass is 16.5. The summed E-state index contributed by atoms with van der Waals surface area (Å²) in [5.74, 6) is 0.887. The van der Waals surface area contributed by atoms with Gasteiger partial charge in [0.2, 0.25) is 0 Å². The minimum atomic E-state index is -0.416. The van der Waals surface area contributed by atoms with E-state index >= 15 is 0 Å². The molecule has 4 N–H and O–H groups in total. The molecule has 0 amide bonds. The normalized spacial score (nSPS) is 20.5. The molecule has 0 radical (unpaired) electrons. The van der Waals surface area contributed by atoms with Gasteiger partial charge in [0, 0.05) is 35.1 Å². The molecule has 0 bridgehead atoms. The first-order chi connectivity index (χ1) is 8.65. The molecule has 1 aromatic heterocycles. The molecule has 0 aliphatic carbocycles. The van der Waals surface area contributed by atoms with Crippen molar-refractivity contribution in [3.05, 3.63) is 29.5 Å². The van der Waals surface area contributed by atoms with Gasteiger partial charge in [-0.05, 0) is 31.0 Å². The largest absolute Gasteiger partial charge is 0.491 e. The Morgan fingerprint density at radius 1 is 1.56 bits per heavy atom. The van der Waals surface area contributed by atoms with Crippen LogP contribution in [0.2, 0.25) is 0 Å². The highest BCUT2D eigenvalue weighted by Crippen LogP contribution is 2.34. The van der Waals surface area contributed by atoms with Crippen molar-refractivity contribution in [3.8, 4) is 5.75 Å². The Labute approximate surface area is 106 Å². The Bertz CT molecular complexity index is 574. The Hall–Kier alpha value is -1.52. The van der Waals surface area contributed by atoms with Crippen LogP contribution in [0, 0.1) is 0 Å². The van der Waals surface area contributed by atoms with E-state index in [1.165, 1.54) is 10.9 Å². The highest BCUT2D eigenvalue weighted by Gasteiger charge is 2.22. The number of ether oxygens (including phenoxy) is 1. The molecule has 1 aromatic carbocycles.